The Morgan fingerprint density at radius 3 is 2.69 bits per heavy atom. The summed E-state index contributed by atoms with van der Waals surface area (Å²) in [5.41, 5.74) is 3.77. The topological polar surface area (TPSA) is 12.9 Å². The van der Waals surface area contributed by atoms with Crippen LogP contribution in [0.4, 0.5) is 0 Å². The number of aromatic nitrogens is 1. The van der Waals surface area contributed by atoms with Crippen molar-refractivity contribution in [3.8, 4) is 11.3 Å². The van der Waals surface area contributed by atoms with Gasteiger partial charge in [-0.3, -0.25) is 4.98 Å². The Labute approximate surface area is 96.2 Å². The minimum Gasteiger partial charge on any atom is -0.256 e. The van der Waals surface area contributed by atoms with Gasteiger partial charge in [-0.05, 0) is 42.0 Å². The summed E-state index contributed by atoms with van der Waals surface area (Å²) in [6, 6.07) is 14.9. The molecule has 2 aromatic rings. The molecule has 0 bridgehead atoms. The lowest BCUT2D eigenvalue weighted by Crippen LogP contribution is -1.85. The van der Waals surface area contributed by atoms with Gasteiger partial charge in [0.15, 0.2) is 0 Å². The Hall–Kier alpha value is -1.63. The first kappa shape index (κ1) is 9.59. The molecule has 16 heavy (non-hydrogen) atoms. The summed E-state index contributed by atoms with van der Waals surface area (Å²) >= 11 is 0. The van der Waals surface area contributed by atoms with Crippen molar-refractivity contribution in [3.63, 3.8) is 0 Å². The van der Waals surface area contributed by atoms with Crippen LogP contribution < -0.4 is 0 Å². The zero-order valence-electron chi connectivity index (χ0n) is 9.43. The second-order valence-corrected chi connectivity index (χ2v) is 4.66. The van der Waals surface area contributed by atoms with Crippen molar-refractivity contribution in [1.29, 1.82) is 0 Å². The monoisotopic (exact) mass is 209 g/mol. The lowest BCUT2D eigenvalue weighted by atomic mass is 10.0. The highest BCUT2D eigenvalue weighted by atomic mass is 14.7. The Morgan fingerprint density at radius 2 is 2.00 bits per heavy atom. The van der Waals surface area contributed by atoms with Crippen LogP contribution in [0.2, 0.25) is 0 Å². The first-order valence-electron chi connectivity index (χ1n) is 5.86. The Kier molecular flexibility index (Phi) is 2.24. The zero-order chi connectivity index (χ0) is 11.0. The van der Waals surface area contributed by atoms with E-state index in [0.717, 1.165) is 17.5 Å². The second kappa shape index (κ2) is 3.75. The maximum Gasteiger partial charge on any atom is 0.0702 e. The molecule has 1 unspecified atom stereocenters. The minimum absolute atomic E-state index is 0.781. The normalized spacial score (nSPS) is 23.1. The Balaban J connectivity index is 1.97. The summed E-state index contributed by atoms with van der Waals surface area (Å²) < 4.78 is 0. The standard InChI is InChI=1S/C15H15N/c1-11-9-14(11)12-5-4-6-13(10-12)15-7-2-3-8-16-15/h2-8,10-11,14H,9H2,1H3/t11-,14?/m1/s1. The van der Waals surface area contributed by atoms with Gasteiger partial charge in [-0.2, -0.15) is 0 Å². The van der Waals surface area contributed by atoms with Crippen LogP contribution in [0.15, 0.2) is 48.7 Å². The first-order chi connectivity index (χ1) is 7.84. The highest BCUT2D eigenvalue weighted by molar-refractivity contribution is 5.60. The van der Waals surface area contributed by atoms with Crippen LogP contribution in [-0.4, -0.2) is 4.98 Å². The summed E-state index contributed by atoms with van der Waals surface area (Å²) in [6.07, 6.45) is 3.19. The fourth-order valence-electron chi connectivity index (χ4n) is 2.25. The lowest BCUT2D eigenvalue weighted by Gasteiger charge is -2.03. The summed E-state index contributed by atoms with van der Waals surface area (Å²) in [7, 11) is 0. The number of hydrogen-bond acceptors (Lipinski definition) is 1. The molecule has 1 heteroatoms. The fourth-order valence-corrected chi connectivity index (χ4v) is 2.25. The average Bonchev–Trinajstić information content (AvgIpc) is 3.08. The highest BCUT2D eigenvalue weighted by Crippen LogP contribution is 2.47. The van der Waals surface area contributed by atoms with Crippen LogP contribution in [0.1, 0.15) is 24.8 Å². The van der Waals surface area contributed by atoms with E-state index >= 15 is 0 Å². The molecule has 0 saturated heterocycles. The third-order valence-corrected chi connectivity index (χ3v) is 3.38. The molecule has 1 fully saturated rings. The van der Waals surface area contributed by atoms with Gasteiger partial charge in [0.2, 0.25) is 0 Å². The van der Waals surface area contributed by atoms with E-state index in [0.29, 0.717) is 0 Å². The molecule has 1 aliphatic carbocycles. The molecule has 0 spiro atoms. The predicted molar refractivity (Wildman–Crippen MR) is 66.2 cm³/mol. The van der Waals surface area contributed by atoms with Crippen molar-refractivity contribution in [2.24, 2.45) is 5.92 Å². The smallest absolute Gasteiger partial charge is 0.0702 e. The molecule has 1 nitrogen and oxygen atoms in total. The van der Waals surface area contributed by atoms with E-state index in [-0.39, 0.29) is 0 Å². The van der Waals surface area contributed by atoms with Crippen molar-refractivity contribution >= 4 is 0 Å². The van der Waals surface area contributed by atoms with Crippen LogP contribution in [0.25, 0.3) is 11.3 Å². The zero-order valence-corrected chi connectivity index (χ0v) is 9.43. The summed E-state index contributed by atoms with van der Waals surface area (Å²) in [6.45, 7) is 2.32. The maximum absolute atomic E-state index is 4.39. The van der Waals surface area contributed by atoms with E-state index < -0.39 is 0 Å². The molecule has 3 rings (SSSR count). The van der Waals surface area contributed by atoms with Crippen LogP contribution in [0.3, 0.4) is 0 Å². The lowest BCUT2D eigenvalue weighted by molar-refractivity contribution is 0.915. The van der Waals surface area contributed by atoms with Gasteiger partial charge in [0, 0.05) is 11.8 Å². The van der Waals surface area contributed by atoms with Gasteiger partial charge in [0.1, 0.15) is 0 Å². The van der Waals surface area contributed by atoms with Crippen molar-refractivity contribution in [3.05, 3.63) is 54.2 Å². The molecular weight excluding hydrogens is 194 g/mol. The van der Waals surface area contributed by atoms with Crippen molar-refractivity contribution in [2.45, 2.75) is 19.3 Å². The quantitative estimate of drug-likeness (QED) is 0.731. The van der Waals surface area contributed by atoms with Crippen LogP contribution >= 0.6 is 0 Å². The van der Waals surface area contributed by atoms with E-state index in [1.165, 1.54) is 17.5 Å². The largest absolute Gasteiger partial charge is 0.256 e. The van der Waals surface area contributed by atoms with Crippen LogP contribution in [-0.2, 0) is 0 Å². The molecule has 1 aromatic carbocycles. The maximum atomic E-state index is 4.39. The van der Waals surface area contributed by atoms with Crippen molar-refractivity contribution in [2.75, 3.05) is 0 Å². The Morgan fingerprint density at radius 1 is 1.12 bits per heavy atom. The molecule has 1 aromatic heterocycles. The molecule has 80 valence electrons. The van der Waals surface area contributed by atoms with Crippen LogP contribution in [0, 0.1) is 5.92 Å². The van der Waals surface area contributed by atoms with Gasteiger partial charge in [-0.25, -0.2) is 0 Å². The number of rotatable bonds is 2. The molecule has 0 N–H and O–H groups in total. The predicted octanol–water partition coefficient (Wildman–Crippen LogP) is 3.87. The Bertz CT molecular complexity index is 490. The number of pyridine rings is 1. The summed E-state index contributed by atoms with van der Waals surface area (Å²) in [4.78, 5) is 4.39. The molecule has 0 amide bonds. The fraction of sp³-hybridized carbons (Fsp3) is 0.267. The van der Waals surface area contributed by atoms with Gasteiger partial charge >= 0.3 is 0 Å². The van der Waals surface area contributed by atoms with Gasteiger partial charge in [-0.15, -0.1) is 0 Å². The van der Waals surface area contributed by atoms with E-state index in [4.69, 9.17) is 0 Å². The third kappa shape index (κ3) is 1.73. The van der Waals surface area contributed by atoms with E-state index in [1.807, 2.05) is 18.3 Å². The number of benzene rings is 1. The molecule has 1 aliphatic rings. The van der Waals surface area contributed by atoms with Gasteiger partial charge in [-0.1, -0.05) is 31.2 Å². The van der Waals surface area contributed by atoms with Gasteiger partial charge in [0.25, 0.3) is 0 Å². The molecule has 0 aliphatic heterocycles. The van der Waals surface area contributed by atoms with Crippen molar-refractivity contribution in [1.82, 2.24) is 4.98 Å². The molecule has 0 radical (unpaired) electrons. The second-order valence-electron chi connectivity index (χ2n) is 4.66. The molecule has 1 heterocycles. The summed E-state index contributed by atoms with van der Waals surface area (Å²) in [5, 5.41) is 0. The summed E-state index contributed by atoms with van der Waals surface area (Å²) in [5.74, 6) is 1.64. The van der Waals surface area contributed by atoms with Crippen molar-refractivity contribution < 1.29 is 0 Å². The van der Waals surface area contributed by atoms with E-state index in [1.54, 1.807) is 0 Å². The van der Waals surface area contributed by atoms with Gasteiger partial charge in [0.05, 0.1) is 5.69 Å². The molecule has 1 saturated carbocycles. The SMILES string of the molecule is C[C@@H]1CC1c1cccc(-c2ccccn2)c1. The third-order valence-electron chi connectivity index (χ3n) is 3.38. The molecular formula is C15H15N. The average molecular weight is 209 g/mol. The van der Waals surface area contributed by atoms with Crippen LogP contribution in [0.5, 0.6) is 0 Å². The number of nitrogens with zero attached hydrogens (tertiary/aromatic N) is 1. The van der Waals surface area contributed by atoms with E-state index in [9.17, 15) is 0 Å². The van der Waals surface area contributed by atoms with E-state index in [2.05, 4.69) is 42.2 Å². The van der Waals surface area contributed by atoms with Gasteiger partial charge < -0.3 is 0 Å². The first-order valence-corrected chi connectivity index (χ1v) is 5.86. The number of hydrogen-bond donors (Lipinski definition) is 0. The minimum atomic E-state index is 0.781. The highest BCUT2D eigenvalue weighted by Gasteiger charge is 2.33. The molecule has 2 atom stereocenters.